The highest BCUT2D eigenvalue weighted by Crippen LogP contribution is 2.18. The molecule has 9 nitrogen and oxygen atoms in total. The van der Waals surface area contributed by atoms with Gasteiger partial charge in [0.25, 0.3) is 5.91 Å². The molecule has 1 N–H and O–H groups in total. The summed E-state index contributed by atoms with van der Waals surface area (Å²) < 4.78 is 57.4. The van der Waals surface area contributed by atoms with E-state index in [1.165, 1.54) is 39.9 Å². The van der Waals surface area contributed by atoms with Crippen molar-refractivity contribution in [2.24, 2.45) is 0 Å². The van der Waals surface area contributed by atoms with E-state index < -0.39 is 26.0 Å². The van der Waals surface area contributed by atoms with Crippen LogP contribution in [0.1, 0.15) is 24.2 Å². The first-order chi connectivity index (χ1) is 13.1. The number of ether oxygens (including phenoxy) is 1. The van der Waals surface area contributed by atoms with Gasteiger partial charge in [0, 0.05) is 38.3 Å². The highest BCUT2D eigenvalue weighted by Gasteiger charge is 2.25. The van der Waals surface area contributed by atoms with Gasteiger partial charge in [-0.1, -0.05) is 6.07 Å². The average Bonchev–Trinajstić information content (AvgIpc) is 2.67. The average molecular weight is 434 g/mol. The van der Waals surface area contributed by atoms with Gasteiger partial charge in [-0.25, -0.2) is 16.8 Å². The lowest BCUT2D eigenvalue weighted by molar-refractivity contribution is 0.0730. The second kappa shape index (κ2) is 9.31. The van der Waals surface area contributed by atoms with Crippen molar-refractivity contribution in [3.05, 3.63) is 29.8 Å². The van der Waals surface area contributed by atoms with Crippen molar-refractivity contribution in [3.8, 4) is 0 Å². The van der Waals surface area contributed by atoms with Crippen LogP contribution in [0, 0.1) is 0 Å². The molecule has 0 atom stereocenters. The van der Waals surface area contributed by atoms with E-state index in [4.69, 9.17) is 4.74 Å². The van der Waals surface area contributed by atoms with Gasteiger partial charge in [0.15, 0.2) is 0 Å². The third-order valence-corrected chi connectivity index (χ3v) is 8.41. The molecule has 2 rings (SSSR count). The van der Waals surface area contributed by atoms with Crippen molar-refractivity contribution in [1.29, 1.82) is 0 Å². The second-order valence-corrected chi connectivity index (χ2v) is 10.8. The molecule has 1 aromatic carbocycles. The van der Waals surface area contributed by atoms with Crippen molar-refractivity contribution >= 4 is 26.0 Å². The quantitative estimate of drug-likeness (QED) is 0.622. The van der Waals surface area contributed by atoms with E-state index in [0.717, 1.165) is 0 Å². The first-order valence-electron chi connectivity index (χ1n) is 8.97. The second-order valence-electron chi connectivity index (χ2n) is 6.73. The predicted molar refractivity (Wildman–Crippen MR) is 105 cm³/mol. The van der Waals surface area contributed by atoms with Gasteiger partial charge in [-0.05, 0) is 32.0 Å². The molecule has 1 saturated heterocycles. The number of benzene rings is 1. The third-order valence-electron chi connectivity index (χ3n) is 4.51. The highest BCUT2D eigenvalue weighted by molar-refractivity contribution is 7.89. The normalized spacial score (nSPS) is 16.5. The number of carbonyl (C=O) groups is 1. The Balaban J connectivity index is 2.01. The van der Waals surface area contributed by atoms with E-state index in [2.05, 4.69) is 5.32 Å². The monoisotopic (exact) mass is 433 g/mol. The van der Waals surface area contributed by atoms with Crippen molar-refractivity contribution in [2.75, 3.05) is 45.6 Å². The van der Waals surface area contributed by atoms with Crippen molar-refractivity contribution in [1.82, 2.24) is 13.9 Å². The van der Waals surface area contributed by atoms with Gasteiger partial charge >= 0.3 is 0 Å². The van der Waals surface area contributed by atoms with Crippen molar-refractivity contribution in [3.63, 3.8) is 0 Å². The Labute approximate surface area is 166 Å². The molecule has 11 heteroatoms. The molecule has 1 aliphatic heterocycles. The van der Waals surface area contributed by atoms with Crippen LogP contribution in [-0.2, 0) is 24.8 Å². The summed E-state index contributed by atoms with van der Waals surface area (Å²) in [5.74, 6) is -0.756. The predicted octanol–water partition coefficient (Wildman–Crippen LogP) is 0.107. The lowest BCUT2D eigenvalue weighted by atomic mass is 10.2. The number of hydrogen-bond acceptors (Lipinski definition) is 6. The van der Waals surface area contributed by atoms with Gasteiger partial charge in [0.05, 0.1) is 23.9 Å². The summed E-state index contributed by atoms with van der Waals surface area (Å²) in [5.41, 5.74) is 0.155. The molecule has 1 aromatic rings. The van der Waals surface area contributed by atoms with Gasteiger partial charge in [0.1, 0.15) is 0 Å². The number of hydrogen-bond donors (Lipinski definition) is 1. The molecular formula is C17H27N3O6S2. The van der Waals surface area contributed by atoms with E-state index in [-0.39, 0.29) is 28.8 Å². The largest absolute Gasteiger partial charge is 0.379 e. The molecule has 158 valence electrons. The van der Waals surface area contributed by atoms with Gasteiger partial charge in [-0.2, -0.15) is 8.61 Å². The molecule has 0 radical (unpaired) electrons. The molecular weight excluding hydrogens is 406 g/mol. The third kappa shape index (κ3) is 5.51. The molecule has 0 aliphatic carbocycles. The van der Waals surface area contributed by atoms with Crippen molar-refractivity contribution in [2.45, 2.75) is 24.8 Å². The van der Waals surface area contributed by atoms with Crippen molar-refractivity contribution < 1.29 is 26.4 Å². The van der Waals surface area contributed by atoms with E-state index >= 15 is 0 Å². The van der Waals surface area contributed by atoms with E-state index in [1.807, 2.05) is 0 Å². The maximum absolute atomic E-state index is 12.6. The van der Waals surface area contributed by atoms with Gasteiger partial charge in [0.2, 0.25) is 20.0 Å². The van der Waals surface area contributed by atoms with Gasteiger partial charge < -0.3 is 10.1 Å². The van der Waals surface area contributed by atoms with Crippen LogP contribution in [0.15, 0.2) is 29.2 Å². The van der Waals surface area contributed by atoms with E-state index in [9.17, 15) is 21.6 Å². The fraction of sp³-hybridized carbons (Fsp3) is 0.588. The Kier molecular flexibility index (Phi) is 7.57. The lowest BCUT2D eigenvalue weighted by Crippen LogP contribution is -2.43. The van der Waals surface area contributed by atoms with Gasteiger partial charge in [-0.3, -0.25) is 4.79 Å². The Hall–Kier alpha value is -1.53. The summed E-state index contributed by atoms with van der Waals surface area (Å²) >= 11 is 0. The molecule has 0 bridgehead atoms. The van der Waals surface area contributed by atoms with Crippen LogP contribution in [0.2, 0.25) is 0 Å². The Morgan fingerprint density at radius 3 is 2.46 bits per heavy atom. The number of sulfonamides is 2. The summed E-state index contributed by atoms with van der Waals surface area (Å²) in [4.78, 5) is 12.4. The number of nitrogens with zero attached hydrogens (tertiary/aromatic N) is 2. The van der Waals surface area contributed by atoms with Crippen LogP contribution in [0.4, 0.5) is 0 Å². The molecule has 1 heterocycles. The molecule has 0 aromatic heterocycles. The number of morpholine rings is 1. The Morgan fingerprint density at radius 1 is 1.21 bits per heavy atom. The molecule has 0 spiro atoms. The van der Waals surface area contributed by atoms with Crippen LogP contribution >= 0.6 is 0 Å². The molecule has 0 saturated carbocycles. The summed E-state index contributed by atoms with van der Waals surface area (Å²) in [5, 5.41) is 2.54. The van der Waals surface area contributed by atoms with Crippen LogP contribution in [0.25, 0.3) is 0 Å². The zero-order valence-corrected chi connectivity index (χ0v) is 17.9. The molecule has 1 fully saturated rings. The number of carbonyl (C=O) groups excluding carboxylic acids is 1. The zero-order chi connectivity index (χ0) is 20.9. The fourth-order valence-corrected chi connectivity index (χ4v) is 5.33. The molecule has 1 amide bonds. The Bertz CT molecular complexity index is 893. The lowest BCUT2D eigenvalue weighted by Gasteiger charge is -2.26. The fourth-order valence-electron chi connectivity index (χ4n) is 2.59. The first-order valence-corrected chi connectivity index (χ1v) is 12.0. The molecule has 0 unspecified atom stereocenters. The minimum absolute atomic E-state index is 0.0114. The van der Waals surface area contributed by atoms with Crippen LogP contribution in [-0.4, -0.2) is 83.0 Å². The number of nitrogens with one attached hydrogen (secondary N) is 1. The van der Waals surface area contributed by atoms with E-state index in [1.54, 1.807) is 13.8 Å². The van der Waals surface area contributed by atoms with Crippen LogP contribution < -0.4 is 5.32 Å². The summed E-state index contributed by atoms with van der Waals surface area (Å²) in [6.07, 6.45) is 0. The first kappa shape index (κ1) is 22.8. The summed E-state index contributed by atoms with van der Waals surface area (Å²) in [6, 6.07) is 5.46. The van der Waals surface area contributed by atoms with E-state index in [0.29, 0.717) is 26.3 Å². The number of rotatable bonds is 8. The summed E-state index contributed by atoms with van der Waals surface area (Å²) in [7, 11) is -5.72. The van der Waals surface area contributed by atoms with Crippen LogP contribution in [0.3, 0.4) is 0 Å². The zero-order valence-electron chi connectivity index (χ0n) is 16.3. The highest BCUT2D eigenvalue weighted by atomic mass is 32.2. The topological polar surface area (TPSA) is 113 Å². The maximum Gasteiger partial charge on any atom is 0.251 e. The van der Waals surface area contributed by atoms with Gasteiger partial charge in [-0.15, -0.1) is 0 Å². The minimum Gasteiger partial charge on any atom is -0.379 e. The smallest absolute Gasteiger partial charge is 0.251 e. The molecule has 28 heavy (non-hydrogen) atoms. The maximum atomic E-state index is 12.6. The van der Waals surface area contributed by atoms with Crippen LogP contribution in [0.5, 0.6) is 0 Å². The Morgan fingerprint density at radius 2 is 1.86 bits per heavy atom. The molecule has 1 aliphatic rings. The minimum atomic E-state index is -3.71. The standard InChI is InChI=1S/C17H27N3O6S2/c1-14(2)19(3)28(24,25)16-6-4-5-15(13-16)17(21)18-7-12-27(22,23)20-8-10-26-11-9-20/h4-6,13-14H,7-12H2,1-3H3,(H,18,21). The number of amides is 1. The SMILES string of the molecule is CC(C)N(C)S(=O)(=O)c1cccc(C(=O)NCCS(=O)(=O)N2CCOCC2)c1. The summed E-state index contributed by atoms with van der Waals surface area (Å²) in [6.45, 7) is 4.77.